The van der Waals surface area contributed by atoms with Gasteiger partial charge in [0.1, 0.15) is 5.75 Å². The van der Waals surface area contributed by atoms with Crippen LogP contribution in [0.1, 0.15) is 29.6 Å². The Kier molecular flexibility index (Phi) is 4.51. The van der Waals surface area contributed by atoms with E-state index in [2.05, 4.69) is 4.74 Å². The summed E-state index contributed by atoms with van der Waals surface area (Å²) in [6.07, 6.45) is 2.10. The Labute approximate surface area is 115 Å². The molecule has 1 fully saturated rings. The number of nitrogens with zero attached hydrogens (tertiary/aromatic N) is 2. The smallest absolute Gasteiger partial charge is 0.387 e. The molecule has 2 rings (SSSR count). The van der Waals surface area contributed by atoms with E-state index in [1.54, 1.807) is 11.0 Å². The van der Waals surface area contributed by atoms with Gasteiger partial charge in [-0.15, -0.1) is 0 Å². The zero-order valence-electron chi connectivity index (χ0n) is 10.8. The number of amides is 1. The predicted octanol–water partition coefficient (Wildman–Crippen LogP) is 2.81. The van der Waals surface area contributed by atoms with E-state index < -0.39 is 6.61 Å². The number of ether oxygens (including phenoxy) is 1. The molecule has 0 N–H and O–H groups in total. The van der Waals surface area contributed by atoms with Gasteiger partial charge < -0.3 is 9.64 Å². The molecule has 0 saturated heterocycles. The summed E-state index contributed by atoms with van der Waals surface area (Å²) < 4.78 is 28.6. The highest BCUT2D eigenvalue weighted by atomic mass is 19.3. The molecule has 20 heavy (non-hydrogen) atoms. The Morgan fingerprint density at radius 1 is 1.50 bits per heavy atom. The van der Waals surface area contributed by atoms with Gasteiger partial charge in [0.05, 0.1) is 12.5 Å². The first kappa shape index (κ1) is 14.3. The molecule has 0 radical (unpaired) electrons. The van der Waals surface area contributed by atoms with Crippen molar-refractivity contribution in [1.29, 1.82) is 5.26 Å². The summed E-state index contributed by atoms with van der Waals surface area (Å²) in [6, 6.07) is 7.90. The van der Waals surface area contributed by atoms with Crippen LogP contribution in [0.5, 0.6) is 5.75 Å². The van der Waals surface area contributed by atoms with Gasteiger partial charge in [-0.2, -0.15) is 14.0 Å². The second kappa shape index (κ2) is 6.33. The van der Waals surface area contributed by atoms with Gasteiger partial charge in [-0.3, -0.25) is 4.79 Å². The Hall–Kier alpha value is -2.16. The number of alkyl halides is 2. The lowest BCUT2D eigenvalue weighted by Gasteiger charge is -2.21. The van der Waals surface area contributed by atoms with Crippen molar-refractivity contribution in [1.82, 2.24) is 4.90 Å². The molecule has 4 nitrogen and oxygen atoms in total. The molecule has 1 aromatic carbocycles. The van der Waals surface area contributed by atoms with Gasteiger partial charge in [0, 0.05) is 18.2 Å². The normalized spacial score (nSPS) is 13.9. The highest BCUT2D eigenvalue weighted by Crippen LogP contribution is 2.29. The third-order valence-corrected chi connectivity index (χ3v) is 3.02. The largest absolute Gasteiger partial charge is 0.435 e. The lowest BCUT2D eigenvalue weighted by atomic mass is 10.2. The van der Waals surface area contributed by atoms with Crippen molar-refractivity contribution in [3.05, 3.63) is 29.8 Å². The maximum atomic E-state index is 12.3. The van der Waals surface area contributed by atoms with Gasteiger partial charge in [-0.1, -0.05) is 6.07 Å². The van der Waals surface area contributed by atoms with Gasteiger partial charge in [0.2, 0.25) is 0 Å². The van der Waals surface area contributed by atoms with E-state index >= 15 is 0 Å². The highest BCUT2D eigenvalue weighted by Gasteiger charge is 2.32. The molecule has 0 unspecified atom stereocenters. The first-order valence-electron chi connectivity index (χ1n) is 6.34. The van der Waals surface area contributed by atoms with Crippen LogP contribution in [0.25, 0.3) is 0 Å². The Balaban J connectivity index is 2.12. The second-order valence-corrected chi connectivity index (χ2v) is 4.54. The lowest BCUT2D eigenvalue weighted by Crippen LogP contribution is -2.33. The number of carbonyl (C=O) groups is 1. The first-order chi connectivity index (χ1) is 9.61. The zero-order chi connectivity index (χ0) is 14.5. The first-order valence-corrected chi connectivity index (χ1v) is 6.34. The molecular weight excluding hydrogens is 266 g/mol. The Morgan fingerprint density at radius 3 is 2.85 bits per heavy atom. The molecule has 0 atom stereocenters. The molecule has 0 aromatic heterocycles. The van der Waals surface area contributed by atoms with Gasteiger partial charge in [0.15, 0.2) is 0 Å². The van der Waals surface area contributed by atoms with Crippen LogP contribution in [0, 0.1) is 11.3 Å². The molecule has 6 heteroatoms. The number of benzene rings is 1. The van der Waals surface area contributed by atoms with Crippen molar-refractivity contribution in [2.24, 2.45) is 0 Å². The molecule has 1 amide bonds. The quantitative estimate of drug-likeness (QED) is 0.805. The fraction of sp³-hybridized carbons (Fsp3) is 0.429. The van der Waals surface area contributed by atoms with Crippen LogP contribution < -0.4 is 4.74 Å². The van der Waals surface area contributed by atoms with Crippen LogP contribution in [-0.4, -0.2) is 30.0 Å². The fourth-order valence-corrected chi connectivity index (χ4v) is 1.98. The average molecular weight is 280 g/mol. The monoisotopic (exact) mass is 280 g/mol. The van der Waals surface area contributed by atoms with Crippen molar-refractivity contribution in [2.45, 2.75) is 31.9 Å². The summed E-state index contributed by atoms with van der Waals surface area (Å²) in [4.78, 5) is 14.0. The van der Waals surface area contributed by atoms with E-state index in [1.807, 2.05) is 6.07 Å². The van der Waals surface area contributed by atoms with Gasteiger partial charge >= 0.3 is 6.61 Å². The number of halogens is 2. The minimum Gasteiger partial charge on any atom is -0.435 e. The molecular formula is C14H14F2N2O2. The molecule has 106 valence electrons. The van der Waals surface area contributed by atoms with E-state index in [1.165, 1.54) is 18.2 Å². The number of nitriles is 1. The van der Waals surface area contributed by atoms with Crippen LogP contribution in [0.2, 0.25) is 0 Å². The number of carbonyl (C=O) groups excluding carboxylic acids is 1. The topological polar surface area (TPSA) is 53.3 Å². The van der Waals surface area contributed by atoms with Crippen molar-refractivity contribution in [3.63, 3.8) is 0 Å². The fourth-order valence-electron chi connectivity index (χ4n) is 1.98. The van der Waals surface area contributed by atoms with Gasteiger partial charge in [-0.25, -0.2) is 0 Å². The third-order valence-electron chi connectivity index (χ3n) is 3.02. The average Bonchev–Trinajstić information content (AvgIpc) is 3.23. The minimum absolute atomic E-state index is 0.0399. The van der Waals surface area contributed by atoms with Crippen LogP contribution in [0.15, 0.2) is 24.3 Å². The maximum absolute atomic E-state index is 12.3. The second-order valence-electron chi connectivity index (χ2n) is 4.54. The molecule has 1 saturated carbocycles. The number of hydrogen-bond donors (Lipinski definition) is 0. The SMILES string of the molecule is N#CCCN(C(=O)c1cccc(OC(F)F)c1)C1CC1. The van der Waals surface area contributed by atoms with Crippen LogP contribution in [0.4, 0.5) is 8.78 Å². The molecule has 1 aliphatic rings. The summed E-state index contributed by atoms with van der Waals surface area (Å²) in [5, 5.41) is 8.62. The van der Waals surface area contributed by atoms with E-state index in [9.17, 15) is 13.6 Å². The third kappa shape index (κ3) is 3.67. The molecule has 1 aromatic rings. The van der Waals surface area contributed by atoms with Crippen LogP contribution in [-0.2, 0) is 0 Å². The lowest BCUT2D eigenvalue weighted by molar-refractivity contribution is -0.0499. The van der Waals surface area contributed by atoms with Crippen molar-refractivity contribution >= 4 is 5.91 Å². The summed E-state index contributed by atoms with van der Waals surface area (Å²) in [7, 11) is 0. The molecule has 1 aliphatic carbocycles. The minimum atomic E-state index is -2.92. The van der Waals surface area contributed by atoms with Crippen LogP contribution >= 0.6 is 0 Å². The van der Waals surface area contributed by atoms with Crippen LogP contribution in [0.3, 0.4) is 0 Å². The predicted molar refractivity (Wildman–Crippen MR) is 67.4 cm³/mol. The standard InChI is InChI=1S/C14H14F2N2O2/c15-14(16)20-12-4-1-3-10(9-12)13(19)18(8-2-7-17)11-5-6-11/h1,3-4,9,11,14H,2,5-6,8H2. The molecule has 0 bridgehead atoms. The zero-order valence-corrected chi connectivity index (χ0v) is 10.8. The molecule has 0 spiro atoms. The van der Waals surface area contributed by atoms with Crippen molar-refractivity contribution in [3.8, 4) is 11.8 Å². The van der Waals surface area contributed by atoms with Gasteiger partial charge in [0.25, 0.3) is 5.91 Å². The summed E-state index contributed by atoms with van der Waals surface area (Å²) in [5.74, 6) is -0.288. The summed E-state index contributed by atoms with van der Waals surface area (Å²) in [6.45, 7) is -2.56. The van der Waals surface area contributed by atoms with Crippen molar-refractivity contribution < 1.29 is 18.3 Å². The maximum Gasteiger partial charge on any atom is 0.387 e. The van der Waals surface area contributed by atoms with Crippen molar-refractivity contribution in [2.75, 3.05) is 6.54 Å². The Morgan fingerprint density at radius 2 is 2.25 bits per heavy atom. The number of rotatable bonds is 6. The van der Waals surface area contributed by atoms with E-state index in [4.69, 9.17) is 5.26 Å². The molecule has 0 aliphatic heterocycles. The number of hydrogen-bond acceptors (Lipinski definition) is 3. The summed E-state index contributed by atoms with van der Waals surface area (Å²) >= 11 is 0. The van der Waals surface area contributed by atoms with E-state index in [0.29, 0.717) is 12.1 Å². The summed E-state index contributed by atoms with van der Waals surface area (Å²) in [5.41, 5.74) is 0.299. The van der Waals surface area contributed by atoms with E-state index in [-0.39, 0.29) is 24.1 Å². The van der Waals surface area contributed by atoms with E-state index in [0.717, 1.165) is 12.8 Å². The van der Waals surface area contributed by atoms with Gasteiger partial charge in [-0.05, 0) is 31.0 Å². The molecule has 0 heterocycles. The Bertz CT molecular complexity index is 524. The highest BCUT2D eigenvalue weighted by molar-refractivity contribution is 5.95.